The summed E-state index contributed by atoms with van der Waals surface area (Å²) in [5.41, 5.74) is 6.74. The molecular formula is C23H36N4O6S. The van der Waals surface area contributed by atoms with E-state index in [1.807, 2.05) is 6.92 Å². The van der Waals surface area contributed by atoms with E-state index in [0.29, 0.717) is 6.42 Å². The van der Waals surface area contributed by atoms with Gasteiger partial charge in [0.2, 0.25) is 17.7 Å². The van der Waals surface area contributed by atoms with Crippen molar-refractivity contribution in [3.8, 4) is 5.75 Å². The summed E-state index contributed by atoms with van der Waals surface area (Å²) in [6.45, 7) is 6.98. The number of benzene rings is 1. The average molecular weight is 497 g/mol. The molecule has 11 heteroatoms. The second-order valence-electron chi connectivity index (χ2n) is 8.66. The summed E-state index contributed by atoms with van der Waals surface area (Å²) in [5.74, 6) is -3.59. The van der Waals surface area contributed by atoms with Crippen LogP contribution >= 0.6 is 12.6 Å². The fraction of sp³-hybridized carbons (Fsp3) is 0.565. The van der Waals surface area contributed by atoms with Gasteiger partial charge in [-0.2, -0.15) is 12.6 Å². The predicted octanol–water partition coefficient (Wildman–Crippen LogP) is 0.433. The van der Waals surface area contributed by atoms with Crippen molar-refractivity contribution in [1.82, 2.24) is 16.0 Å². The number of thiol groups is 1. The van der Waals surface area contributed by atoms with Crippen molar-refractivity contribution in [3.63, 3.8) is 0 Å². The third-order valence-corrected chi connectivity index (χ3v) is 5.93. The van der Waals surface area contributed by atoms with Gasteiger partial charge in [0, 0.05) is 5.75 Å². The molecule has 0 aliphatic heterocycles. The van der Waals surface area contributed by atoms with E-state index in [9.17, 15) is 29.4 Å². The molecule has 1 aromatic carbocycles. The number of rotatable bonds is 13. The first-order chi connectivity index (χ1) is 15.9. The number of phenols is 1. The van der Waals surface area contributed by atoms with Crippen molar-refractivity contribution in [3.05, 3.63) is 29.8 Å². The second-order valence-corrected chi connectivity index (χ2v) is 9.03. The van der Waals surface area contributed by atoms with Crippen LogP contribution in [0, 0.1) is 11.8 Å². The van der Waals surface area contributed by atoms with Gasteiger partial charge in [0.05, 0.1) is 6.04 Å². The van der Waals surface area contributed by atoms with Gasteiger partial charge in [0.25, 0.3) is 0 Å². The van der Waals surface area contributed by atoms with Crippen LogP contribution < -0.4 is 21.7 Å². The van der Waals surface area contributed by atoms with Crippen molar-refractivity contribution in [2.24, 2.45) is 17.6 Å². The van der Waals surface area contributed by atoms with E-state index in [0.717, 1.165) is 5.56 Å². The van der Waals surface area contributed by atoms with Gasteiger partial charge in [-0.3, -0.25) is 14.4 Å². The highest BCUT2D eigenvalue weighted by atomic mass is 32.1. The molecule has 0 aliphatic carbocycles. The number of hydrogen-bond donors (Lipinski definition) is 7. The van der Waals surface area contributed by atoms with Crippen molar-refractivity contribution < 1.29 is 29.4 Å². The van der Waals surface area contributed by atoms with Crippen LogP contribution in [-0.2, 0) is 25.6 Å². The molecule has 10 nitrogen and oxygen atoms in total. The number of aromatic hydroxyl groups is 1. The number of aliphatic carboxylic acids is 1. The number of phenolic OH excluding ortho intramolecular Hbond substituents is 1. The largest absolute Gasteiger partial charge is 0.508 e. The van der Waals surface area contributed by atoms with E-state index in [2.05, 4.69) is 28.6 Å². The van der Waals surface area contributed by atoms with Crippen LogP contribution in [0.25, 0.3) is 0 Å². The lowest BCUT2D eigenvalue weighted by Crippen LogP contribution is -2.59. The van der Waals surface area contributed by atoms with Crippen LogP contribution in [0.4, 0.5) is 0 Å². The van der Waals surface area contributed by atoms with Crippen molar-refractivity contribution in [2.75, 3.05) is 5.75 Å². The molecule has 0 aliphatic rings. The van der Waals surface area contributed by atoms with Crippen LogP contribution in [-0.4, -0.2) is 63.8 Å². The Balaban J connectivity index is 2.82. The van der Waals surface area contributed by atoms with E-state index >= 15 is 0 Å². The molecule has 0 fully saturated rings. The average Bonchev–Trinajstić information content (AvgIpc) is 2.79. The predicted molar refractivity (Wildman–Crippen MR) is 131 cm³/mol. The minimum atomic E-state index is -1.16. The Morgan fingerprint density at radius 3 is 1.97 bits per heavy atom. The van der Waals surface area contributed by atoms with Crippen LogP contribution in [0.3, 0.4) is 0 Å². The SMILES string of the molecule is CCC(C)C(NC(=O)C(CS)NC(=O)C(NC(=O)C(N)Cc1ccc(O)cc1)C(C)C)C(=O)O. The topological polar surface area (TPSA) is 171 Å². The molecule has 0 spiro atoms. The molecule has 1 rings (SSSR count). The van der Waals surface area contributed by atoms with Gasteiger partial charge in [-0.25, -0.2) is 4.79 Å². The molecule has 190 valence electrons. The molecule has 0 saturated heterocycles. The summed E-state index contributed by atoms with van der Waals surface area (Å²) in [4.78, 5) is 49.7. The highest BCUT2D eigenvalue weighted by molar-refractivity contribution is 7.80. The van der Waals surface area contributed by atoms with Crippen molar-refractivity contribution in [2.45, 2.75) is 64.7 Å². The van der Waals surface area contributed by atoms with E-state index < -0.39 is 47.9 Å². The third-order valence-electron chi connectivity index (χ3n) is 5.57. The molecule has 5 atom stereocenters. The Hall–Kier alpha value is -2.79. The van der Waals surface area contributed by atoms with Gasteiger partial charge in [-0.1, -0.05) is 46.2 Å². The Kier molecular flexibility index (Phi) is 11.9. The highest BCUT2D eigenvalue weighted by Gasteiger charge is 2.32. The highest BCUT2D eigenvalue weighted by Crippen LogP contribution is 2.12. The number of carbonyl (C=O) groups excluding carboxylic acids is 3. The number of carbonyl (C=O) groups is 4. The fourth-order valence-electron chi connectivity index (χ4n) is 3.17. The number of nitrogens with one attached hydrogen (secondary N) is 3. The van der Waals surface area contributed by atoms with Crippen LogP contribution in [0.2, 0.25) is 0 Å². The first-order valence-corrected chi connectivity index (χ1v) is 11.8. The molecule has 0 aromatic heterocycles. The summed E-state index contributed by atoms with van der Waals surface area (Å²) in [5, 5.41) is 26.4. The normalized spacial score (nSPS) is 15.5. The molecule has 0 bridgehead atoms. The van der Waals surface area contributed by atoms with Crippen LogP contribution in [0.15, 0.2) is 24.3 Å². The summed E-state index contributed by atoms with van der Waals surface area (Å²) in [6.07, 6.45) is 0.743. The first kappa shape index (κ1) is 29.2. The number of carboxylic acid groups (broad SMARTS) is 1. The first-order valence-electron chi connectivity index (χ1n) is 11.2. The molecule has 5 unspecified atom stereocenters. The third kappa shape index (κ3) is 8.86. The Morgan fingerprint density at radius 1 is 0.941 bits per heavy atom. The summed E-state index contributed by atoms with van der Waals surface area (Å²) < 4.78 is 0. The standard InChI is InChI=1S/C23H36N4O6S/c1-5-13(4)19(23(32)33)27-21(30)17(11-34)25-22(31)18(12(2)3)26-20(29)16(24)10-14-6-8-15(28)9-7-14/h6-9,12-13,16-19,28,34H,5,10-11,24H2,1-4H3,(H,25,31)(H,26,29)(H,27,30)(H,32,33). The molecule has 7 N–H and O–H groups in total. The summed E-state index contributed by atoms with van der Waals surface area (Å²) >= 11 is 4.12. The van der Waals surface area contributed by atoms with Gasteiger partial charge >= 0.3 is 5.97 Å². The maximum absolute atomic E-state index is 12.9. The van der Waals surface area contributed by atoms with Gasteiger partial charge in [0.1, 0.15) is 23.9 Å². The molecule has 0 radical (unpaired) electrons. The van der Waals surface area contributed by atoms with E-state index in [4.69, 9.17) is 5.73 Å². The monoisotopic (exact) mass is 496 g/mol. The fourth-order valence-corrected chi connectivity index (χ4v) is 3.42. The van der Waals surface area contributed by atoms with E-state index in [1.54, 1.807) is 32.9 Å². The molecule has 1 aromatic rings. The van der Waals surface area contributed by atoms with Crippen molar-refractivity contribution in [1.29, 1.82) is 0 Å². The molecule has 34 heavy (non-hydrogen) atoms. The van der Waals surface area contributed by atoms with Gasteiger partial charge < -0.3 is 31.9 Å². The zero-order valence-electron chi connectivity index (χ0n) is 19.9. The Labute approximate surface area is 205 Å². The van der Waals surface area contributed by atoms with Crippen LogP contribution in [0.5, 0.6) is 5.75 Å². The molecular weight excluding hydrogens is 460 g/mol. The van der Waals surface area contributed by atoms with Crippen LogP contribution in [0.1, 0.15) is 39.7 Å². The summed E-state index contributed by atoms with van der Waals surface area (Å²) in [6, 6.07) is 2.17. The zero-order valence-corrected chi connectivity index (χ0v) is 20.8. The van der Waals surface area contributed by atoms with E-state index in [-0.39, 0.29) is 29.8 Å². The lowest BCUT2D eigenvalue weighted by molar-refractivity contribution is -0.143. The van der Waals surface area contributed by atoms with Gasteiger partial charge in [-0.05, 0) is 36.0 Å². The number of hydrogen-bond acceptors (Lipinski definition) is 7. The number of amides is 3. The minimum Gasteiger partial charge on any atom is -0.508 e. The summed E-state index contributed by atoms with van der Waals surface area (Å²) in [7, 11) is 0. The van der Waals surface area contributed by atoms with Gasteiger partial charge in [0.15, 0.2) is 0 Å². The van der Waals surface area contributed by atoms with E-state index in [1.165, 1.54) is 12.1 Å². The second kappa shape index (κ2) is 13.8. The van der Waals surface area contributed by atoms with Crippen molar-refractivity contribution >= 4 is 36.3 Å². The number of nitrogens with two attached hydrogens (primary N) is 1. The lowest BCUT2D eigenvalue weighted by Gasteiger charge is -2.27. The quantitative estimate of drug-likeness (QED) is 0.194. The molecule has 0 heterocycles. The smallest absolute Gasteiger partial charge is 0.326 e. The zero-order chi connectivity index (χ0) is 26.0. The molecule has 0 saturated carbocycles. The number of carboxylic acids is 1. The minimum absolute atomic E-state index is 0.0659. The Bertz CT molecular complexity index is 848. The Morgan fingerprint density at radius 2 is 1.50 bits per heavy atom. The van der Waals surface area contributed by atoms with Gasteiger partial charge in [-0.15, -0.1) is 0 Å². The lowest BCUT2D eigenvalue weighted by atomic mass is 9.99. The molecule has 3 amide bonds. The maximum Gasteiger partial charge on any atom is 0.326 e. The maximum atomic E-state index is 12.9.